The Balaban J connectivity index is 1.92. The molecular formula is C15H18FN3S. The number of benzene rings is 1. The van der Waals surface area contributed by atoms with E-state index in [4.69, 9.17) is 5.73 Å². The number of rotatable bonds is 6. The normalized spacial score (nSPS) is 12.3. The Bertz CT molecular complexity index is 545. The number of nitrogens with two attached hydrogens (primary N) is 1. The lowest BCUT2D eigenvalue weighted by molar-refractivity contribution is 0.602. The maximum atomic E-state index is 13.5. The highest BCUT2D eigenvalue weighted by Crippen LogP contribution is 2.23. The van der Waals surface area contributed by atoms with Crippen molar-refractivity contribution < 1.29 is 4.39 Å². The molecule has 0 bridgehead atoms. The first kappa shape index (κ1) is 14.9. The molecule has 3 nitrogen and oxygen atoms in total. The zero-order valence-electron chi connectivity index (χ0n) is 11.4. The van der Waals surface area contributed by atoms with E-state index in [9.17, 15) is 4.39 Å². The smallest absolute Gasteiger partial charge is 0.138 e. The standard InChI is InChI=1S/C15H18FN3S/c1-2-12(17)7-11-8-18-15(19-9-11)10-20-14-6-4-3-5-13(14)16/h3-6,8-9,12H,2,7,10,17H2,1H3. The van der Waals surface area contributed by atoms with Gasteiger partial charge in [0, 0.05) is 23.3 Å². The second-order valence-corrected chi connectivity index (χ2v) is 5.62. The van der Waals surface area contributed by atoms with Gasteiger partial charge in [0.1, 0.15) is 11.6 Å². The van der Waals surface area contributed by atoms with Gasteiger partial charge in [0.2, 0.25) is 0 Å². The van der Waals surface area contributed by atoms with Crippen LogP contribution in [0.15, 0.2) is 41.6 Å². The van der Waals surface area contributed by atoms with E-state index in [-0.39, 0.29) is 11.9 Å². The van der Waals surface area contributed by atoms with Crippen molar-refractivity contribution in [2.75, 3.05) is 0 Å². The van der Waals surface area contributed by atoms with E-state index in [0.717, 1.165) is 18.4 Å². The molecule has 0 aliphatic carbocycles. The Morgan fingerprint density at radius 3 is 2.60 bits per heavy atom. The van der Waals surface area contributed by atoms with Crippen LogP contribution in [0.3, 0.4) is 0 Å². The van der Waals surface area contributed by atoms with Gasteiger partial charge in [-0.05, 0) is 30.5 Å². The molecule has 0 saturated heterocycles. The van der Waals surface area contributed by atoms with Gasteiger partial charge in [0.25, 0.3) is 0 Å². The van der Waals surface area contributed by atoms with Crippen LogP contribution in [0.4, 0.5) is 4.39 Å². The fourth-order valence-electron chi connectivity index (χ4n) is 1.71. The largest absolute Gasteiger partial charge is 0.327 e. The molecule has 0 aliphatic rings. The number of halogens is 1. The van der Waals surface area contributed by atoms with E-state index in [2.05, 4.69) is 16.9 Å². The lowest BCUT2D eigenvalue weighted by Crippen LogP contribution is -2.21. The van der Waals surface area contributed by atoms with E-state index >= 15 is 0 Å². The summed E-state index contributed by atoms with van der Waals surface area (Å²) in [5, 5.41) is 0. The molecule has 0 radical (unpaired) electrons. The number of hydrogen-bond donors (Lipinski definition) is 1. The number of nitrogens with zero attached hydrogens (tertiary/aromatic N) is 2. The average molecular weight is 291 g/mol. The lowest BCUT2D eigenvalue weighted by atomic mass is 10.1. The Labute approximate surface area is 122 Å². The van der Waals surface area contributed by atoms with Crippen molar-refractivity contribution in [3.05, 3.63) is 53.9 Å². The zero-order valence-corrected chi connectivity index (χ0v) is 12.2. The van der Waals surface area contributed by atoms with Gasteiger partial charge in [0.05, 0.1) is 5.75 Å². The van der Waals surface area contributed by atoms with Crippen LogP contribution in [0.2, 0.25) is 0 Å². The molecule has 2 N–H and O–H groups in total. The Hall–Kier alpha value is -1.46. The van der Waals surface area contributed by atoms with E-state index in [1.807, 2.05) is 6.07 Å². The van der Waals surface area contributed by atoms with Gasteiger partial charge in [-0.15, -0.1) is 11.8 Å². The number of thioether (sulfide) groups is 1. The van der Waals surface area contributed by atoms with Gasteiger partial charge >= 0.3 is 0 Å². The van der Waals surface area contributed by atoms with Gasteiger partial charge in [0.15, 0.2) is 0 Å². The molecule has 0 spiro atoms. The van der Waals surface area contributed by atoms with Crippen LogP contribution in [0, 0.1) is 5.82 Å². The summed E-state index contributed by atoms with van der Waals surface area (Å²) in [6, 6.07) is 6.87. The third-order valence-electron chi connectivity index (χ3n) is 2.97. The molecule has 106 valence electrons. The van der Waals surface area contributed by atoms with Crippen molar-refractivity contribution in [1.82, 2.24) is 9.97 Å². The van der Waals surface area contributed by atoms with Crippen LogP contribution >= 0.6 is 11.8 Å². The summed E-state index contributed by atoms with van der Waals surface area (Å²) >= 11 is 1.40. The van der Waals surface area contributed by atoms with E-state index in [1.54, 1.807) is 24.5 Å². The first-order chi connectivity index (χ1) is 9.69. The summed E-state index contributed by atoms with van der Waals surface area (Å²) in [6.45, 7) is 2.06. The van der Waals surface area contributed by atoms with Crippen molar-refractivity contribution in [2.24, 2.45) is 5.73 Å². The predicted molar refractivity (Wildman–Crippen MR) is 80.0 cm³/mol. The summed E-state index contributed by atoms with van der Waals surface area (Å²) in [5.74, 6) is 1.05. The topological polar surface area (TPSA) is 51.8 Å². The van der Waals surface area contributed by atoms with Gasteiger partial charge in [-0.25, -0.2) is 14.4 Å². The molecule has 2 aromatic rings. The molecule has 0 amide bonds. The van der Waals surface area contributed by atoms with Crippen LogP contribution in [0.1, 0.15) is 24.7 Å². The quantitative estimate of drug-likeness (QED) is 0.830. The molecule has 1 aromatic heterocycles. The molecule has 2 rings (SSSR count). The maximum absolute atomic E-state index is 13.5. The summed E-state index contributed by atoms with van der Waals surface area (Å²) in [7, 11) is 0. The molecule has 1 atom stereocenters. The van der Waals surface area contributed by atoms with Crippen LogP contribution in [0.25, 0.3) is 0 Å². The van der Waals surface area contributed by atoms with Crippen molar-refractivity contribution >= 4 is 11.8 Å². The van der Waals surface area contributed by atoms with E-state index < -0.39 is 0 Å². The van der Waals surface area contributed by atoms with Crippen LogP contribution in [0.5, 0.6) is 0 Å². The van der Waals surface area contributed by atoms with Crippen LogP contribution < -0.4 is 5.73 Å². The Morgan fingerprint density at radius 2 is 1.95 bits per heavy atom. The van der Waals surface area contributed by atoms with Crippen LogP contribution in [-0.2, 0) is 12.2 Å². The molecule has 1 unspecified atom stereocenters. The van der Waals surface area contributed by atoms with Crippen molar-refractivity contribution in [3.63, 3.8) is 0 Å². The molecule has 0 saturated carbocycles. The fourth-order valence-corrected chi connectivity index (χ4v) is 2.53. The van der Waals surface area contributed by atoms with E-state index in [1.165, 1.54) is 17.8 Å². The summed E-state index contributed by atoms with van der Waals surface area (Å²) in [4.78, 5) is 9.22. The van der Waals surface area contributed by atoms with Gasteiger partial charge in [-0.3, -0.25) is 0 Å². The first-order valence-electron chi connectivity index (χ1n) is 6.61. The predicted octanol–water partition coefficient (Wildman–Crippen LogP) is 3.19. The Kier molecular flexibility index (Phi) is 5.49. The average Bonchev–Trinajstić information content (AvgIpc) is 2.48. The highest BCUT2D eigenvalue weighted by Gasteiger charge is 2.05. The van der Waals surface area contributed by atoms with Gasteiger partial charge in [-0.2, -0.15) is 0 Å². The number of hydrogen-bond acceptors (Lipinski definition) is 4. The highest BCUT2D eigenvalue weighted by atomic mass is 32.2. The third kappa shape index (κ3) is 4.28. The molecule has 1 heterocycles. The molecule has 1 aromatic carbocycles. The number of aromatic nitrogens is 2. The molecule has 20 heavy (non-hydrogen) atoms. The zero-order chi connectivity index (χ0) is 14.4. The van der Waals surface area contributed by atoms with Crippen molar-refractivity contribution in [1.29, 1.82) is 0 Å². The van der Waals surface area contributed by atoms with Gasteiger partial charge in [-0.1, -0.05) is 19.1 Å². The third-order valence-corrected chi connectivity index (χ3v) is 4.02. The molecular weight excluding hydrogens is 273 g/mol. The monoisotopic (exact) mass is 291 g/mol. The maximum Gasteiger partial charge on any atom is 0.138 e. The summed E-state index contributed by atoms with van der Waals surface area (Å²) in [5.41, 5.74) is 6.93. The first-order valence-corrected chi connectivity index (χ1v) is 7.60. The summed E-state index contributed by atoms with van der Waals surface area (Å²) < 4.78 is 13.5. The molecule has 5 heteroatoms. The SMILES string of the molecule is CCC(N)Cc1cnc(CSc2ccccc2F)nc1. The van der Waals surface area contributed by atoms with Crippen LogP contribution in [-0.4, -0.2) is 16.0 Å². The lowest BCUT2D eigenvalue weighted by Gasteiger charge is -2.08. The molecule has 0 fully saturated rings. The van der Waals surface area contributed by atoms with E-state index in [0.29, 0.717) is 16.5 Å². The van der Waals surface area contributed by atoms with Gasteiger partial charge < -0.3 is 5.73 Å². The molecule has 0 aliphatic heterocycles. The summed E-state index contributed by atoms with van der Waals surface area (Å²) in [6.07, 6.45) is 5.33. The van der Waals surface area contributed by atoms with Crippen molar-refractivity contribution in [3.8, 4) is 0 Å². The Morgan fingerprint density at radius 1 is 1.25 bits per heavy atom. The fraction of sp³-hybridized carbons (Fsp3) is 0.333. The second-order valence-electron chi connectivity index (χ2n) is 4.60. The van der Waals surface area contributed by atoms with Crippen molar-refractivity contribution in [2.45, 2.75) is 36.5 Å². The highest BCUT2D eigenvalue weighted by molar-refractivity contribution is 7.98. The minimum Gasteiger partial charge on any atom is -0.327 e. The minimum atomic E-state index is -0.206. The second kappa shape index (κ2) is 7.36. The minimum absolute atomic E-state index is 0.150.